The highest BCUT2D eigenvalue weighted by Gasteiger charge is 2.23. The number of anilines is 1. The van der Waals surface area contributed by atoms with Gasteiger partial charge in [0.25, 0.3) is 0 Å². The average molecular weight is 191 g/mol. The molecule has 2 nitrogen and oxygen atoms in total. The molecule has 2 heteroatoms. The smallest absolute Gasteiger partial charge is 0.122 e. The predicted octanol–water partition coefficient (Wildman–Crippen LogP) is 2.92. The molecule has 0 aromatic heterocycles. The molecule has 1 N–H and O–H groups in total. The summed E-state index contributed by atoms with van der Waals surface area (Å²) in [7, 11) is 1.73. The molecule has 1 heterocycles. The van der Waals surface area contributed by atoms with Crippen molar-refractivity contribution in [2.45, 2.75) is 26.2 Å². The van der Waals surface area contributed by atoms with Crippen LogP contribution in [0.25, 0.3) is 0 Å². The number of ether oxygens (including phenoxy) is 1. The van der Waals surface area contributed by atoms with Crippen molar-refractivity contribution in [3.63, 3.8) is 0 Å². The Labute approximate surface area is 85.3 Å². The number of hydrogen-bond donors (Lipinski definition) is 1. The molecule has 0 radical (unpaired) electrons. The largest absolute Gasteiger partial charge is 0.496 e. The van der Waals surface area contributed by atoms with E-state index in [1.165, 1.54) is 23.2 Å². The van der Waals surface area contributed by atoms with Gasteiger partial charge in [0.05, 0.1) is 7.11 Å². The van der Waals surface area contributed by atoms with Gasteiger partial charge in [0, 0.05) is 18.2 Å². The molecule has 0 amide bonds. The maximum absolute atomic E-state index is 5.34. The molecule has 0 saturated heterocycles. The Morgan fingerprint density at radius 1 is 1.50 bits per heavy atom. The van der Waals surface area contributed by atoms with Gasteiger partial charge in [-0.2, -0.15) is 0 Å². The number of benzene rings is 1. The van der Waals surface area contributed by atoms with Crippen LogP contribution >= 0.6 is 0 Å². The fourth-order valence-electron chi connectivity index (χ4n) is 2.29. The van der Waals surface area contributed by atoms with Gasteiger partial charge in [-0.25, -0.2) is 0 Å². The van der Waals surface area contributed by atoms with Crippen LogP contribution in [0.3, 0.4) is 0 Å². The maximum atomic E-state index is 5.34. The van der Waals surface area contributed by atoms with E-state index < -0.39 is 0 Å². The Morgan fingerprint density at radius 2 is 2.29 bits per heavy atom. The molecule has 0 aliphatic carbocycles. The van der Waals surface area contributed by atoms with Crippen molar-refractivity contribution in [1.82, 2.24) is 0 Å². The summed E-state index contributed by atoms with van der Waals surface area (Å²) >= 11 is 0. The number of rotatable bonds is 2. The van der Waals surface area contributed by atoms with Crippen molar-refractivity contribution in [3.05, 3.63) is 23.3 Å². The van der Waals surface area contributed by atoms with Crippen LogP contribution in [0, 0.1) is 6.92 Å². The molecule has 0 bridgehead atoms. The summed E-state index contributed by atoms with van der Waals surface area (Å²) in [5.41, 5.74) is 4.03. The number of nitrogens with one attached hydrogen (secondary N) is 1. The predicted molar refractivity (Wildman–Crippen MR) is 59.3 cm³/mol. The van der Waals surface area contributed by atoms with Crippen LogP contribution in [-0.4, -0.2) is 13.7 Å². The van der Waals surface area contributed by atoms with Crippen molar-refractivity contribution < 1.29 is 4.74 Å². The highest BCUT2D eigenvalue weighted by atomic mass is 16.5. The van der Waals surface area contributed by atoms with Gasteiger partial charge in [0.1, 0.15) is 5.75 Å². The van der Waals surface area contributed by atoms with E-state index in [9.17, 15) is 0 Å². The molecule has 0 saturated carbocycles. The third-order valence-electron chi connectivity index (χ3n) is 3.13. The molecular weight excluding hydrogens is 174 g/mol. The van der Waals surface area contributed by atoms with E-state index in [0.29, 0.717) is 5.92 Å². The van der Waals surface area contributed by atoms with E-state index in [2.05, 4.69) is 25.2 Å². The first-order chi connectivity index (χ1) is 6.77. The first kappa shape index (κ1) is 9.38. The second-order valence-corrected chi connectivity index (χ2v) is 3.84. The van der Waals surface area contributed by atoms with Gasteiger partial charge in [-0.05, 0) is 36.6 Å². The molecule has 0 spiro atoms. The summed E-state index contributed by atoms with van der Waals surface area (Å²) < 4.78 is 5.34. The lowest BCUT2D eigenvalue weighted by atomic mass is 9.94. The number of methoxy groups -OCH3 is 1. The first-order valence-electron chi connectivity index (χ1n) is 5.19. The minimum Gasteiger partial charge on any atom is -0.496 e. The fraction of sp³-hybridized carbons (Fsp3) is 0.500. The van der Waals surface area contributed by atoms with E-state index in [4.69, 9.17) is 4.74 Å². The Morgan fingerprint density at radius 3 is 2.93 bits per heavy atom. The molecule has 1 aliphatic heterocycles. The zero-order valence-corrected chi connectivity index (χ0v) is 9.05. The maximum Gasteiger partial charge on any atom is 0.122 e. The van der Waals surface area contributed by atoms with Crippen molar-refractivity contribution in [2.75, 3.05) is 19.0 Å². The normalized spacial score (nSPS) is 18.9. The zero-order valence-electron chi connectivity index (χ0n) is 9.05. The molecule has 1 atom stereocenters. The van der Waals surface area contributed by atoms with Gasteiger partial charge < -0.3 is 10.1 Å². The third-order valence-corrected chi connectivity index (χ3v) is 3.13. The fourth-order valence-corrected chi connectivity index (χ4v) is 2.29. The van der Waals surface area contributed by atoms with Crippen LogP contribution in [-0.2, 0) is 0 Å². The third kappa shape index (κ3) is 1.26. The molecule has 14 heavy (non-hydrogen) atoms. The second kappa shape index (κ2) is 3.52. The Balaban J connectivity index is 2.50. The first-order valence-corrected chi connectivity index (χ1v) is 5.19. The van der Waals surface area contributed by atoms with Crippen molar-refractivity contribution in [3.8, 4) is 5.75 Å². The lowest BCUT2D eigenvalue weighted by Crippen LogP contribution is -2.01. The van der Waals surface area contributed by atoms with Gasteiger partial charge in [-0.15, -0.1) is 0 Å². The molecule has 1 unspecified atom stereocenters. The van der Waals surface area contributed by atoms with E-state index >= 15 is 0 Å². The lowest BCUT2D eigenvalue weighted by molar-refractivity contribution is 0.411. The molecule has 1 aliphatic rings. The molecular formula is C12H17NO. The summed E-state index contributed by atoms with van der Waals surface area (Å²) in [6, 6.07) is 4.16. The summed E-state index contributed by atoms with van der Waals surface area (Å²) in [6.45, 7) is 5.45. The highest BCUT2D eigenvalue weighted by Crippen LogP contribution is 2.39. The van der Waals surface area contributed by atoms with Crippen molar-refractivity contribution >= 4 is 5.69 Å². The molecule has 1 aromatic rings. The SMILES string of the molecule is CCC1CNc2ccc(OC)c(C)c21. The van der Waals surface area contributed by atoms with E-state index in [1.807, 2.05) is 6.07 Å². The topological polar surface area (TPSA) is 21.3 Å². The van der Waals surface area contributed by atoms with Crippen molar-refractivity contribution in [2.24, 2.45) is 0 Å². The van der Waals surface area contributed by atoms with Crippen LogP contribution in [0.2, 0.25) is 0 Å². The Bertz CT molecular complexity index is 346. The van der Waals surface area contributed by atoms with E-state index in [-0.39, 0.29) is 0 Å². The summed E-state index contributed by atoms with van der Waals surface area (Å²) in [5, 5.41) is 3.44. The standard InChI is InChI=1S/C12H17NO/c1-4-9-7-13-10-5-6-11(14-3)8(2)12(9)10/h5-6,9,13H,4,7H2,1-3H3. The Kier molecular flexibility index (Phi) is 2.36. The van der Waals surface area contributed by atoms with Gasteiger partial charge >= 0.3 is 0 Å². The molecule has 0 fully saturated rings. The van der Waals surface area contributed by atoms with Crippen molar-refractivity contribution in [1.29, 1.82) is 0 Å². The minimum atomic E-state index is 0.653. The monoisotopic (exact) mass is 191 g/mol. The minimum absolute atomic E-state index is 0.653. The molecule has 1 aromatic carbocycles. The van der Waals surface area contributed by atoms with E-state index in [1.54, 1.807) is 7.11 Å². The molecule has 2 rings (SSSR count). The van der Waals surface area contributed by atoms with Gasteiger partial charge in [-0.3, -0.25) is 0 Å². The highest BCUT2D eigenvalue weighted by molar-refractivity contribution is 5.64. The van der Waals surface area contributed by atoms with Gasteiger partial charge in [0.15, 0.2) is 0 Å². The number of fused-ring (bicyclic) bond motifs is 1. The lowest BCUT2D eigenvalue weighted by Gasteiger charge is -2.13. The van der Waals surface area contributed by atoms with Crippen LogP contribution in [0.1, 0.15) is 30.4 Å². The van der Waals surface area contributed by atoms with Gasteiger partial charge in [0.2, 0.25) is 0 Å². The Hall–Kier alpha value is -1.18. The second-order valence-electron chi connectivity index (χ2n) is 3.84. The summed E-state index contributed by atoms with van der Waals surface area (Å²) in [4.78, 5) is 0. The van der Waals surface area contributed by atoms with Crippen LogP contribution in [0.4, 0.5) is 5.69 Å². The number of hydrogen-bond acceptors (Lipinski definition) is 2. The van der Waals surface area contributed by atoms with Gasteiger partial charge in [-0.1, -0.05) is 6.92 Å². The summed E-state index contributed by atoms with van der Waals surface area (Å²) in [5.74, 6) is 1.66. The van der Waals surface area contributed by atoms with E-state index in [0.717, 1.165) is 12.3 Å². The van der Waals surface area contributed by atoms with Crippen LogP contribution in [0.5, 0.6) is 5.75 Å². The van der Waals surface area contributed by atoms with Crippen LogP contribution in [0.15, 0.2) is 12.1 Å². The summed E-state index contributed by atoms with van der Waals surface area (Å²) in [6.07, 6.45) is 1.19. The zero-order chi connectivity index (χ0) is 10.1. The quantitative estimate of drug-likeness (QED) is 0.776. The average Bonchev–Trinajstić information content (AvgIpc) is 2.62. The molecule has 76 valence electrons. The van der Waals surface area contributed by atoms with Crippen LogP contribution < -0.4 is 10.1 Å².